The van der Waals surface area contributed by atoms with Crippen molar-refractivity contribution in [1.82, 2.24) is 0 Å². The summed E-state index contributed by atoms with van der Waals surface area (Å²) in [7, 11) is 0. The van der Waals surface area contributed by atoms with E-state index in [1.807, 2.05) is 91.0 Å². The maximum Gasteiger partial charge on any atom is 0.269 e. The molecular formula is C54H38N2O4. The Hall–Kier alpha value is -8.22. The minimum atomic E-state index is -0.381. The topological polar surface area (TPSA) is 86.3 Å². The van der Waals surface area contributed by atoms with Gasteiger partial charge in [-0.05, 0) is 114 Å². The lowest BCUT2D eigenvalue weighted by atomic mass is 9.93. The van der Waals surface area contributed by atoms with Crippen LogP contribution in [0.3, 0.4) is 0 Å². The van der Waals surface area contributed by atoms with Crippen molar-refractivity contribution in [2.24, 2.45) is 0 Å². The molecule has 60 heavy (non-hydrogen) atoms. The summed E-state index contributed by atoms with van der Waals surface area (Å²) in [5.41, 5.74) is 12.0. The molecule has 0 fully saturated rings. The molecular weight excluding hydrogens is 741 g/mol. The quantitative estimate of drug-likeness (QED) is 0.0702. The van der Waals surface area contributed by atoms with Gasteiger partial charge in [0.1, 0.15) is 0 Å². The number of fused-ring (bicyclic) bond motifs is 1. The maximum absolute atomic E-state index is 11.4. The highest BCUT2D eigenvalue weighted by Crippen LogP contribution is 2.32. The van der Waals surface area contributed by atoms with Gasteiger partial charge in [0.25, 0.3) is 11.4 Å². The van der Waals surface area contributed by atoms with Crippen molar-refractivity contribution < 1.29 is 9.85 Å². The second kappa shape index (κ2) is 17.9. The summed E-state index contributed by atoms with van der Waals surface area (Å²) in [5, 5.41) is 25.1. The van der Waals surface area contributed by atoms with E-state index in [0.29, 0.717) is 0 Å². The second-order valence-corrected chi connectivity index (χ2v) is 14.2. The van der Waals surface area contributed by atoms with Gasteiger partial charge < -0.3 is 0 Å². The fraction of sp³-hybridized carbons (Fsp3) is 0. The molecule has 0 amide bonds. The number of hydrogen-bond acceptors (Lipinski definition) is 4. The fourth-order valence-electron chi connectivity index (χ4n) is 7.32. The first kappa shape index (κ1) is 38.6. The van der Waals surface area contributed by atoms with Crippen molar-refractivity contribution in [3.05, 3.63) is 270 Å². The number of nitro groups is 2. The van der Waals surface area contributed by atoms with Gasteiger partial charge in [-0.25, -0.2) is 0 Å². The third-order valence-corrected chi connectivity index (χ3v) is 10.4. The Labute approximate surface area is 348 Å². The largest absolute Gasteiger partial charge is 0.269 e. The maximum atomic E-state index is 11.4. The summed E-state index contributed by atoms with van der Waals surface area (Å²) < 4.78 is 0. The molecule has 0 radical (unpaired) electrons. The van der Waals surface area contributed by atoms with Crippen molar-refractivity contribution >= 4 is 69.7 Å². The first-order valence-corrected chi connectivity index (χ1v) is 19.5. The molecule has 0 aliphatic rings. The average molecular weight is 779 g/mol. The lowest BCUT2D eigenvalue weighted by Gasteiger charge is -2.11. The zero-order chi connectivity index (χ0) is 41.3. The lowest BCUT2D eigenvalue weighted by Crippen LogP contribution is -1.92. The third kappa shape index (κ3) is 8.84. The van der Waals surface area contributed by atoms with Crippen molar-refractivity contribution in [2.45, 2.75) is 0 Å². The summed E-state index contributed by atoms with van der Waals surface area (Å²) in [4.78, 5) is 22.1. The Kier molecular flexibility index (Phi) is 11.5. The molecule has 288 valence electrons. The number of rotatable bonds is 12. The molecule has 0 N–H and O–H groups in total. The molecule has 0 aliphatic carbocycles. The average Bonchev–Trinajstić information content (AvgIpc) is 3.30. The summed E-state index contributed by atoms with van der Waals surface area (Å²) in [6.07, 6.45) is 12.9. The Morgan fingerprint density at radius 3 is 1.22 bits per heavy atom. The number of nitrogens with zero attached hydrogens (tertiary/aromatic N) is 2. The minimum Gasteiger partial charge on any atom is -0.258 e. The van der Waals surface area contributed by atoms with Crippen LogP contribution in [-0.2, 0) is 0 Å². The fourth-order valence-corrected chi connectivity index (χ4v) is 7.32. The minimum absolute atomic E-state index is 0.0496. The summed E-state index contributed by atoms with van der Waals surface area (Å²) >= 11 is 0. The first-order chi connectivity index (χ1) is 29.4. The molecule has 8 aromatic carbocycles. The van der Waals surface area contributed by atoms with Crippen molar-refractivity contribution in [3.8, 4) is 0 Å². The summed E-state index contributed by atoms with van der Waals surface area (Å²) in [6, 6.07) is 62.6. The number of benzene rings is 8. The standard InChI is InChI=1S/C54H38N2O4/c57-55(58)49-32-27-45(28-33-49)53(41-15-3-1-4-16-41)37-47-20-9-7-13-39(47)23-24-44-26-25-43-19-11-12-22-51(43)52(44)36-31-40-14-8-10-21-48(40)38-54(42-17-5-2-6-18-42)46-29-34-50(35-30-46)56(59)60/h1-38H. The van der Waals surface area contributed by atoms with Gasteiger partial charge in [-0.1, -0.05) is 170 Å². The lowest BCUT2D eigenvalue weighted by molar-refractivity contribution is -0.385. The van der Waals surface area contributed by atoms with Gasteiger partial charge in [0.15, 0.2) is 0 Å². The monoisotopic (exact) mass is 778 g/mol. The molecule has 0 spiro atoms. The van der Waals surface area contributed by atoms with Crippen LogP contribution in [0.5, 0.6) is 0 Å². The Balaban J connectivity index is 1.19. The Morgan fingerprint density at radius 1 is 0.350 bits per heavy atom. The highest BCUT2D eigenvalue weighted by molar-refractivity contribution is 5.99. The molecule has 0 heterocycles. The molecule has 6 nitrogen and oxygen atoms in total. The van der Waals surface area contributed by atoms with Crippen LogP contribution in [-0.4, -0.2) is 9.85 Å². The van der Waals surface area contributed by atoms with E-state index in [-0.39, 0.29) is 21.2 Å². The molecule has 0 aliphatic heterocycles. The van der Waals surface area contributed by atoms with Crippen molar-refractivity contribution in [3.63, 3.8) is 0 Å². The van der Waals surface area contributed by atoms with Gasteiger partial charge in [0.2, 0.25) is 0 Å². The normalized spacial score (nSPS) is 12.0. The van der Waals surface area contributed by atoms with Gasteiger partial charge in [-0.3, -0.25) is 20.2 Å². The number of hydrogen-bond donors (Lipinski definition) is 0. The van der Waals surface area contributed by atoms with Crippen LogP contribution in [0.15, 0.2) is 194 Å². The molecule has 8 rings (SSSR count). The molecule has 0 saturated carbocycles. The molecule has 0 aromatic heterocycles. The number of nitro benzene ring substituents is 2. The molecule has 0 atom stereocenters. The molecule has 0 bridgehead atoms. The van der Waals surface area contributed by atoms with Gasteiger partial charge in [0.05, 0.1) is 9.85 Å². The highest BCUT2D eigenvalue weighted by atomic mass is 16.6. The van der Waals surface area contributed by atoms with Crippen molar-refractivity contribution in [1.29, 1.82) is 0 Å². The summed E-state index contributed by atoms with van der Waals surface area (Å²) in [6.45, 7) is 0. The van der Waals surface area contributed by atoms with E-state index < -0.39 is 0 Å². The van der Waals surface area contributed by atoms with Crippen LogP contribution in [0.25, 0.3) is 58.4 Å². The molecule has 0 unspecified atom stereocenters. The van der Waals surface area contributed by atoms with E-state index in [9.17, 15) is 20.2 Å². The predicted molar refractivity (Wildman–Crippen MR) is 248 cm³/mol. The van der Waals surface area contributed by atoms with Crippen LogP contribution >= 0.6 is 0 Å². The zero-order valence-corrected chi connectivity index (χ0v) is 32.5. The highest BCUT2D eigenvalue weighted by Gasteiger charge is 2.13. The van der Waals surface area contributed by atoms with E-state index in [2.05, 4.69) is 91.1 Å². The second-order valence-electron chi connectivity index (χ2n) is 14.2. The Morgan fingerprint density at radius 2 is 0.733 bits per heavy atom. The van der Waals surface area contributed by atoms with Crippen molar-refractivity contribution in [2.75, 3.05) is 0 Å². The van der Waals surface area contributed by atoms with Crippen LogP contribution < -0.4 is 0 Å². The third-order valence-electron chi connectivity index (χ3n) is 10.4. The SMILES string of the molecule is O=[N+]([O-])c1ccc(C(=Cc2ccccc2C=Cc2ccc3ccccc3c2C=Cc2ccccc2C=C(c2ccccc2)c2ccc([N+](=O)[O-])cc2)c2ccccc2)cc1. The zero-order valence-electron chi connectivity index (χ0n) is 32.5. The van der Waals surface area contributed by atoms with E-state index in [1.165, 1.54) is 0 Å². The van der Waals surface area contributed by atoms with E-state index in [4.69, 9.17) is 0 Å². The molecule has 8 aromatic rings. The van der Waals surface area contributed by atoms with Crippen LogP contribution in [0.1, 0.15) is 55.6 Å². The van der Waals surface area contributed by atoms with E-state index in [1.54, 1.807) is 48.5 Å². The summed E-state index contributed by atoms with van der Waals surface area (Å²) in [5.74, 6) is 0. The van der Waals surface area contributed by atoms with Gasteiger partial charge in [0, 0.05) is 24.3 Å². The van der Waals surface area contributed by atoms with Crippen LogP contribution in [0.4, 0.5) is 11.4 Å². The van der Waals surface area contributed by atoms with Gasteiger partial charge >= 0.3 is 0 Å². The Bertz CT molecular complexity index is 2950. The molecule has 6 heteroatoms. The molecule has 0 saturated heterocycles. The number of non-ortho nitro benzene ring substituents is 2. The smallest absolute Gasteiger partial charge is 0.258 e. The van der Waals surface area contributed by atoms with Crippen LogP contribution in [0, 0.1) is 20.2 Å². The van der Waals surface area contributed by atoms with E-state index in [0.717, 1.165) is 77.6 Å². The van der Waals surface area contributed by atoms with Crippen LogP contribution in [0.2, 0.25) is 0 Å². The van der Waals surface area contributed by atoms with Gasteiger partial charge in [-0.15, -0.1) is 0 Å². The van der Waals surface area contributed by atoms with E-state index >= 15 is 0 Å². The predicted octanol–water partition coefficient (Wildman–Crippen LogP) is 14.2. The van der Waals surface area contributed by atoms with Gasteiger partial charge in [-0.2, -0.15) is 0 Å². The first-order valence-electron chi connectivity index (χ1n) is 19.5.